The molecule has 1 saturated heterocycles. The van der Waals surface area contributed by atoms with Crippen molar-refractivity contribution in [2.24, 2.45) is 11.3 Å². The summed E-state index contributed by atoms with van der Waals surface area (Å²) in [5, 5.41) is 19.8. The molecule has 2 aliphatic carbocycles. The Morgan fingerprint density at radius 3 is 2.24 bits per heavy atom. The van der Waals surface area contributed by atoms with Crippen molar-refractivity contribution in [2.75, 3.05) is 6.61 Å². The van der Waals surface area contributed by atoms with Gasteiger partial charge in [0.2, 0.25) is 0 Å². The van der Waals surface area contributed by atoms with Crippen molar-refractivity contribution in [2.45, 2.75) is 44.0 Å². The maximum absolute atomic E-state index is 11.1. The maximum Gasteiger partial charge on any atom is 0.335 e. The first-order valence-electron chi connectivity index (χ1n) is 12.9. The summed E-state index contributed by atoms with van der Waals surface area (Å²) in [6, 6.07) is 16.8. The van der Waals surface area contributed by atoms with Gasteiger partial charge in [-0.25, -0.2) is 9.78 Å². The molecule has 2 aromatic heterocycles. The summed E-state index contributed by atoms with van der Waals surface area (Å²) in [4.78, 5) is 23.6. The van der Waals surface area contributed by atoms with E-state index in [1.165, 1.54) is 0 Å². The molecule has 3 aliphatic rings. The van der Waals surface area contributed by atoms with Crippen molar-refractivity contribution in [1.29, 1.82) is 0 Å². The van der Waals surface area contributed by atoms with Gasteiger partial charge in [-0.05, 0) is 60.9 Å². The van der Waals surface area contributed by atoms with Crippen LogP contribution in [0.15, 0.2) is 54.6 Å². The highest BCUT2D eigenvalue weighted by atomic mass is 35.5. The van der Waals surface area contributed by atoms with Crippen LogP contribution in [-0.2, 0) is 4.74 Å². The van der Waals surface area contributed by atoms with Gasteiger partial charge in [0.05, 0.1) is 46.0 Å². The van der Waals surface area contributed by atoms with Crippen LogP contribution in [0, 0.1) is 11.3 Å². The molecule has 2 aromatic carbocycles. The largest absolute Gasteiger partial charge is 0.478 e. The van der Waals surface area contributed by atoms with Gasteiger partial charge >= 0.3 is 5.97 Å². The average Bonchev–Trinajstić information content (AvgIpc) is 3.14. The van der Waals surface area contributed by atoms with Crippen molar-refractivity contribution in [1.82, 2.24) is 15.0 Å². The second-order valence-corrected chi connectivity index (χ2v) is 11.0. The second kappa shape index (κ2) is 8.80. The summed E-state index contributed by atoms with van der Waals surface area (Å²) in [6.07, 6.45) is 3.75. The molecule has 3 unspecified atom stereocenters. The number of aromatic amines is 1. The number of rotatable bonds is 6. The van der Waals surface area contributed by atoms with Crippen molar-refractivity contribution in [3.63, 3.8) is 0 Å². The molecule has 3 atom stereocenters. The Balaban J connectivity index is 1.05. The molecule has 38 heavy (non-hydrogen) atoms. The predicted molar refractivity (Wildman–Crippen MR) is 141 cm³/mol. The van der Waals surface area contributed by atoms with Gasteiger partial charge in [0.25, 0.3) is 6.01 Å². The average molecular weight is 532 g/mol. The summed E-state index contributed by atoms with van der Waals surface area (Å²) in [5.41, 5.74) is 4.89. The number of halogens is 1. The van der Waals surface area contributed by atoms with Crippen molar-refractivity contribution in [3.8, 4) is 28.4 Å². The molecular formula is C29H26ClN3O5. The van der Waals surface area contributed by atoms with Gasteiger partial charge in [-0.3, -0.25) is 0 Å². The van der Waals surface area contributed by atoms with E-state index in [0.717, 1.165) is 42.4 Å². The molecule has 3 fully saturated rings. The minimum atomic E-state index is -0.946. The molecule has 0 radical (unpaired) electrons. The number of hydrogen-bond donors (Lipinski definition) is 3. The number of aromatic nitrogens is 3. The SMILES string of the molecule is O=C(O)c1ccc(-c2ccc(-c3nc4nc(O[C@H]5CC[C@H](C67COC6C7O)CC5)[nH]c4cc3Cl)cc2)cc1. The van der Waals surface area contributed by atoms with Crippen LogP contribution in [0.5, 0.6) is 6.01 Å². The van der Waals surface area contributed by atoms with E-state index in [9.17, 15) is 9.90 Å². The Bertz CT molecular complexity index is 1520. The van der Waals surface area contributed by atoms with E-state index in [4.69, 9.17) is 31.2 Å². The summed E-state index contributed by atoms with van der Waals surface area (Å²) in [7, 11) is 0. The van der Waals surface area contributed by atoms with Crippen molar-refractivity contribution in [3.05, 3.63) is 65.2 Å². The molecule has 9 heteroatoms. The maximum atomic E-state index is 11.1. The Kier molecular flexibility index (Phi) is 5.47. The van der Waals surface area contributed by atoms with E-state index in [2.05, 4.69) is 9.97 Å². The molecule has 4 aromatic rings. The van der Waals surface area contributed by atoms with Gasteiger partial charge in [-0.2, -0.15) is 4.98 Å². The lowest BCUT2D eigenvalue weighted by molar-refractivity contribution is -0.0773. The van der Waals surface area contributed by atoms with E-state index in [0.29, 0.717) is 40.4 Å². The smallest absolute Gasteiger partial charge is 0.335 e. The van der Waals surface area contributed by atoms with Crippen LogP contribution in [0.25, 0.3) is 33.5 Å². The van der Waals surface area contributed by atoms with E-state index in [1.54, 1.807) is 24.3 Å². The summed E-state index contributed by atoms with van der Waals surface area (Å²) >= 11 is 6.60. The normalized spacial score (nSPS) is 27.9. The number of carboxylic acid groups (broad SMARTS) is 1. The lowest BCUT2D eigenvalue weighted by Crippen LogP contribution is -2.39. The molecule has 0 bridgehead atoms. The molecule has 3 heterocycles. The Morgan fingerprint density at radius 2 is 1.66 bits per heavy atom. The van der Waals surface area contributed by atoms with E-state index in [-0.39, 0.29) is 29.3 Å². The van der Waals surface area contributed by atoms with Crippen LogP contribution in [0.2, 0.25) is 5.02 Å². The minimum absolute atomic E-state index is 0.0184. The van der Waals surface area contributed by atoms with E-state index in [1.807, 2.05) is 30.3 Å². The molecule has 3 N–H and O–H groups in total. The number of nitrogens with zero attached hydrogens (tertiary/aromatic N) is 2. The predicted octanol–water partition coefficient (Wildman–Crippen LogP) is 5.34. The zero-order valence-electron chi connectivity index (χ0n) is 20.4. The summed E-state index contributed by atoms with van der Waals surface area (Å²) < 4.78 is 11.7. The number of ether oxygens (including phenoxy) is 2. The lowest BCUT2D eigenvalue weighted by atomic mass is 9.75. The Morgan fingerprint density at radius 1 is 1.00 bits per heavy atom. The molecular weight excluding hydrogens is 506 g/mol. The number of imidazole rings is 1. The van der Waals surface area contributed by atoms with Crippen LogP contribution >= 0.6 is 11.6 Å². The number of pyridine rings is 1. The highest BCUT2D eigenvalue weighted by molar-refractivity contribution is 6.33. The number of aliphatic hydroxyl groups is 1. The quantitative estimate of drug-likeness (QED) is 0.307. The summed E-state index contributed by atoms with van der Waals surface area (Å²) in [6.45, 7) is 0.690. The molecule has 7 rings (SSSR count). The number of nitrogens with one attached hydrogen (secondary N) is 1. The zero-order chi connectivity index (χ0) is 26.0. The number of hydrogen-bond acceptors (Lipinski definition) is 6. The highest BCUT2D eigenvalue weighted by Crippen LogP contribution is 2.64. The fraction of sp³-hybridized carbons (Fsp3) is 0.345. The molecule has 194 valence electrons. The van der Waals surface area contributed by atoms with Crippen LogP contribution in [-0.4, -0.2) is 56.1 Å². The van der Waals surface area contributed by atoms with E-state index >= 15 is 0 Å². The molecule has 1 aliphatic heterocycles. The molecule has 2 saturated carbocycles. The van der Waals surface area contributed by atoms with Crippen LogP contribution < -0.4 is 4.74 Å². The van der Waals surface area contributed by atoms with Gasteiger partial charge in [-0.1, -0.05) is 48.0 Å². The van der Waals surface area contributed by atoms with E-state index < -0.39 is 5.97 Å². The van der Waals surface area contributed by atoms with Crippen LogP contribution in [0.1, 0.15) is 36.0 Å². The fourth-order valence-electron chi connectivity index (χ4n) is 6.20. The lowest BCUT2D eigenvalue weighted by Gasteiger charge is -2.37. The van der Waals surface area contributed by atoms with Gasteiger partial charge in [0.15, 0.2) is 5.65 Å². The van der Waals surface area contributed by atoms with Crippen molar-refractivity contribution >= 4 is 28.7 Å². The topological polar surface area (TPSA) is 118 Å². The number of fused-ring (bicyclic) bond motifs is 2. The van der Waals surface area contributed by atoms with Gasteiger partial charge in [0.1, 0.15) is 6.10 Å². The summed E-state index contributed by atoms with van der Waals surface area (Å²) in [5.74, 6) is -0.441. The Hall–Kier alpha value is -3.46. The molecule has 0 spiro atoms. The standard InChI is InChI=1S/C29H26ClN3O5/c30-21-13-22-26(32-23(21)17-5-1-15(2-6-17)16-3-7-18(8-4-16)27(35)36)33-28(31-22)38-20-11-9-19(10-12-20)29-14-37-25(29)24(29)34/h1-8,13,19-20,24-25,34H,9-12,14H2,(H,35,36)(H,31,32,33)/t19-,20-,24?,25?,29?. The van der Waals surface area contributed by atoms with Gasteiger partial charge in [-0.15, -0.1) is 0 Å². The number of aliphatic hydroxyl groups excluding tert-OH is 1. The zero-order valence-corrected chi connectivity index (χ0v) is 21.2. The van der Waals surface area contributed by atoms with Crippen LogP contribution in [0.4, 0.5) is 0 Å². The van der Waals surface area contributed by atoms with Gasteiger partial charge < -0.3 is 24.7 Å². The first-order chi connectivity index (χ1) is 18.4. The third-order valence-electron chi connectivity index (χ3n) is 8.51. The molecule has 8 nitrogen and oxygen atoms in total. The third kappa shape index (κ3) is 3.78. The first-order valence-corrected chi connectivity index (χ1v) is 13.3. The first kappa shape index (κ1) is 23.6. The second-order valence-electron chi connectivity index (χ2n) is 10.6. The number of carbonyl (C=O) groups is 1. The van der Waals surface area contributed by atoms with Crippen molar-refractivity contribution < 1.29 is 24.5 Å². The number of aromatic carboxylic acids is 1. The monoisotopic (exact) mass is 531 g/mol. The van der Waals surface area contributed by atoms with Gasteiger partial charge in [0, 0.05) is 5.56 Å². The minimum Gasteiger partial charge on any atom is -0.478 e. The third-order valence-corrected chi connectivity index (χ3v) is 8.80. The Labute approximate surface area is 223 Å². The van der Waals surface area contributed by atoms with Crippen LogP contribution in [0.3, 0.4) is 0 Å². The number of H-pyrrole nitrogens is 1. The number of benzene rings is 2. The fourth-order valence-corrected chi connectivity index (χ4v) is 6.46. The highest BCUT2D eigenvalue weighted by Gasteiger charge is 2.75. The number of carboxylic acids is 1. The molecule has 0 amide bonds.